The minimum Gasteiger partial charge on any atom is -0.322 e. The molecular weight excluding hydrogens is 379 g/mol. The molecule has 0 unspecified atom stereocenters. The number of carbonyl (C=O) groups excluding carboxylic acids is 1. The van der Waals surface area contributed by atoms with Gasteiger partial charge in [-0.25, -0.2) is 9.07 Å². The van der Waals surface area contributed by atoms with Crippen LogP contribution >= 0.6 is 11.6 Å². The van der Waals surface area contributed by atoms with Crippen molar-refractivity contribution in [1.82, 2.24) is 14.8 Å². The first-order valence-corrected chi connectivity index (χ1v) is 8.81. The van der Waals surface area contributed by atoms with E-state index >= 15 is 0 Å². The highest BCUT2D eigenvalue weighted by Crippen LogP contribution is 2.28. The maximum atomic E-state index is 13.1. The molecule has 0 aliphatic rings. The Bertz CT molecular complexity index is 1130. The number of benzene rings is 2. The number of hydrogen-bond donors (Lipinski definition) is 1. The Balaban J connectivity index is 1.79. The number of amides is 1. The molecular formula is C21H14ClFN4O. The van der Waals surface area contributed by atoms with E-state index in [0.29, 0.717) is 22.0 Å². The van der Waals surface area contributed by atoms with E-state index in [1.54, 1.807) is 41.3 Å². The summed E-state index contributed by atoms with van der Waals surface area (Å²) in [4.78, 5) is 16.9. The number of halogens is 2. The quantitative estimate of drug-likeness (QED) is 0.533. The lowest BCUT2D eigenvalue weighted by molar-refractivity contribution is 0.102. The van der Waals surface area contributed by atoms with Crippen LogP contribution in [0.2, 0.25) is 5.02 Å². The molecule has 1 amide bonds. The van der Waals surface area contributed by atoms with E-state index in [2.05, 4.69) is 15.4 Å². The van der Waals surface area contributed by atoms with Crippen LogP contribution in [0.1, 0.15) is 10.4 Å². The molecule has 5 nitrogen and oxygen atoms in total. The standard InChI is InChI=1S/C21H14ClFN4O/c22-15-2-1-3-18(12-15)27-20(14-8-10-24-11-9-14)19(13-25-27)21(28)26-17-6-4-16(23)5-7-17/h1-13H,(H,26,28). The molecule has 2 heterocycles. The van der Waals surface area contributed by atoms with Crippen LogP contribution < -0.4 is 5.32 Å². The number of nitrogens with one attached hydrogen (secondary N) is 1. The van der Waals surface area contributed by atoms with Gasteiger partial charge >= 0.3 is 0 Å². The van der Waals surface area contributed by atoms with Gasteiger partial charge in [-0.2, -0.15) is 5.10 Å². The zero-order valence-corrected chi connectivity index (χ0v) is 15.3. The van der Waals surface area contributed by atoms with E-state index in [1.807, 2.05) is 12.1 Å². The third-order valence-electron chi connectivity index (χ3n) is 4.12. The summed E-state index contributed by atoms with van der Waals surface area (Å²) in [7, 11) is 0. The van der Waals surface area contributed by atoms with Crippen LogP contribution in [0.5, 0.6) is 0 Å². The van der Waals surface area contributed by atoms with Crippen LogP contribution in [0.4, 0.5) is 10.1 Å². The highest BCUT2D eigenvalue weighted by atomic mass is 35.5. The number of hydrogen-bond acceptors (Lipinski definition) is 3. The first-order valence-electron chi connectivity index (χ1n) is 8.43. The molecule has 0 atom stereocenters. The summed E-state index contributed by atoms with van der Waals surface area (Å²) < 4.78 is 14.8. The number of pyridine rings is 1. The molecule has 2 aromatic carbocycles. The molecule has 7 heteroatoms. The van der Waals surface area contributed by atoms with Gasteiger partial charge in [0.05, 0.1) is 23.1 Å². The Hall–Kier alpha value is -3.51. The fraction of sp³-hybridized carbons (Fsp3) is 0. The van der Waals surface area contributed by atoms with E-state index in [-0.39, 0.29) is 11.7 Å². The number of aromatic nitrogens is 3. The predicted octanol–water partition coefficient (Wildman–Crippen LogP) is 4.98. The molecule has 0 aliphatic carbocycles. The maximum Gasteiger partial charge on any atom is 0.259 e. The first kappa shape index (κ1) is 17.9. The molecule has 0 saturated heterocycles. The zero-order chi connectivity index (χ0) is 19.5. The molecule has 0 spiro atoms. The van der Waals surface area contributed by atoms with Gasteiger partial charge in [-0.15, -0.1) is 0 Å². The summed E-state index contributed by atoms with van der Waals surface area (Å²) in [6.07, 6.45) is 4.79. The normalized spacial score (nSPS) is 10.6. The minimum absolute atomic E-state index is 0.355. The average molecular weight is 393 g/mol. The third kappa shape index (κ3) is 3.63. The lowest BCUT2D eigenvalue weighted by Crippen LogP contribution is -2.13. The topological polar surface area (TPSA) is 59.8 Å². The van der Waals surface area contributed by atoms with Gasteiger partial charge in [-0.05, 0) is 54.6 Å². The first-order chi connectivity index (χ1) is 13.6. The van der Waals surface area contributed by atoms with Crippen molar-refractivity contribution in [2.75, 3.05) is 5.32 Å². The van der Waals surface area contributed by atoms with Crippen LogP contribution in [-0.2, 0) is 0 Å². The van der Waals surface area contributed by atoms with Gasteiger partial charge in [0.1, 0.15) is 5.82 Å². The van der Waals surface area contributed by atoms with E-state index in [1.165, 1.54) is 30.5 Å². The lowest BCUT2D eigenvalue weighted by atomic mass is 10.1. The zero-order valence-electron chi connectivity index (χ0n) is 14.5. The summed E-state index contributed by atoms with van der Waals surface area (Å²) in [5, 5.41) is 7.73. The minimum atomic E-state index is -0.371. The van der Waals surface area contributed by atoms with Crippen molar-refractivity contribution >= 4 is 23.2 Å². The molecule has 1 N–H and O–H groups in total. The number of carbonyl (C=O) groups is 1. The van der Waals surface area contributed by atoms with Gasteiger partial charge in [0.15, 0.2) is 0 Å². The molecule has 0 saturated carbocycles. The van der Waals surface area contributed by atoms with Gasteiger partial charge in [0.2, 0.25) is 0 Å². The smallest absolute Gasteiger partial charge is 0.259 e. The van der Waals surface area contributed by atoms with Gasteiger partial charge in [-0.1, -0.05) is 17.7 Å². The Morgan fingerprint density at radius 2 is 1.79 bits per heavy atom. The predicted molar refractivity (Wildman–Crippen MR) is 106 cm³/mol. The fourth-order valence-electron chi connectivity index (χ4n) is 2.84. The van der Waals surface area contributed by atoms with Crippen molar-refractivity contribution in [3.05, 3.63) is 95.7 Å². The second-order valence-electron chi connectivity index (χ2n) is 6.00. The van der Waals surface area contributed by atoms with E-state index in [9.17, 15) is 9.18 Å². The van der Waals surface area contributed by atoms with Crippen molar-refractivity contribution in [2.45, 2.75) is 0 Å². The Morgan fingerprint density at radius 3 is 2.50 bits per heavy atom. The third-order valence-corrected chi connectivity index (χ3v) is 4.36. The van der Waals surface area contributed by atoms with Crippen molar-refractivity contribution in [3.63, 3.8) is 0 Å². The number of anilines is 1. The second kappa shape index (κ2) is 7.62. The van der Waals surface area contributed by atoms with Crippen molar-refractivity contribution in [1.29, 1.82) is 0 Å². The van der Waals surface area contributed by atoms with Gasteiger partial charge < -0.3 is 5.32 Å². The monoisotopic (exact) mass is 392 g/mol. The maximum absolute atomic E-state index is 13.1. The van der Waals surface area contributed by atoms with Crippen molar-refractivity contribution in [2.24, 2.45) is 0 Å². The van der Waals surface area contributed by atoms with Gasteiger partial charge in [0.25, 0.3) is 5.91 Å². The van der Waals surface area contributed by atoms with Crippen molar-refractivity contribution in [3.8, 4) is 16.9 Å². The molecule has 28 heavy (non-hydrogen) atoms. The Labute approximate surface area is 165 Å². The van der Waals surface area contributed by atoms with Gasteiger partial charge in [-0.3, -0.25) is 9.78 Å². The molecule has 4 aromatic rings. The van der Waals surface area contributed by atoms with Crippen LogP contribution in [0.15, 0.2) is 79.3 Å². The molecule has 138 valence electrons. The van der Waals surface area contributed by atoms with E-state index in [4.69, 9.17) is 11.6 Å². The highest BCUT2D eigenvalue weighted by molar-refractivity contribution is 6.30. The highest BCUT2D eigenvalue weighted by Gasteiger charge is 2.20. The SMILES string of the molecule is O=C(Nc1ccc(F)cc1)c1cnn(-c2cccc(Cl)c2)c1-c1ccncc1. The molecule has 0 bridgehead atoms. The molecule has 0 aliphatic heterocycles. The number of rotatable bonds is 4. The van der Waals surface area contributed by atoms with Crippen LogP contribution in [0.3, 0.4) is 0 Å². The van der Waals surface area contributed by atoms with E-state index < -0.39 is 0 Å². The van der Waals surface area contributed by atoms with Crippen LogP contribution in [-0.4, -0.2) is 20.7 Å². The summed E-state index contributed by atoms with van der Waals surface area (Å²) in [6.45, 7) is 0. The van der Waals surface area contributed by atoms with Crippen molar-refractivity contribution < 1.29 is 9.18 Å². The van der Waals surface area contributed by atoms with Crippen LogP contribution in [0.25, 0.3) is 16.9 Å². The second-order valence-corrected chi connectivity index (χ2v) is 6.43. The molecule has 2 aromatic heterocycles. The average Bonchev–Trinajstić information content (AvgIpc) is 3.16. The van der Waals surface area contributed by atoms with Crippen LogP contribution in [0, 0.1) is 5.82 Å². The van der Waals surface area contributed by atoms with Gasteiger partial charge in [0, 0.05) is 28.7 Å². The number of nitrogens with zero attached hydrogens (tertiary/aromatic N) is 3. The summed E-state index contributed by atoms with van der Waals surface area (Å²) >= 11 is 6.12. The fourth-order valence-corrected chi connectivity index (χ4v) is 3.02. The summed E-state index contributed by atoms with van der Waals surface area (Å²) in [5.74, 6) is -0.726. The van der Waals surface area contributed by atoms with E-state index in [0.717, 1.165) is 11.3 Å². The molecule has 4 rings (SSSR count). The molecule has 0 radical (unpaired) electrons. The summed E-state index contributed by atoms with van der Waals surface area (Å²) in [6, 6.07) is 16.4. The lowest BCUT2D eigenvalue weighted by Gasteiger charge is -2.11. The Kier molecular flexibility index (Phi) is 4.87. The molecule has 0 fully saturated rings. The largest absolute Gasteiger partial charge is 0.322 e. The Morgan fingerprint density at radius 1 is 1.04 bits per heavy atom. The summed E-state index contributed by atoms with van der Waals surface area (Å²) in [5.41, 5.74) is 2.96.